The highest BCUT2D eigenvalue weighted by molar-refractivity contribution is 5.98. The van der Waals surface area contributed by atoms with Crippen LogP contribution < -0.4 is 10.1 Å². The van der Waals surface area contributed by atoms with Crippen molar-refractivity contribution in [2.24, 2.45) is 0 Å². The number of carbonyl (C=O) groups excluding carboxylic acids is 2. The van der Waals surface area contributed by atoms with E-state index in [0.717, 1.165) is 27.9 Å². The lowest BCUT2D eigenvalue weighted by Gasteiger charge is -2.33. The van der Waals surface area contributed by atoms with Crippen molar-refractivity contribution < 1.29 is 14.3 Å². The number of benzene rings is 1. The molecule has 1 aliphatic rings. The normalized spacial score (nSPS) is 15.5. The van der Waals surface area contributed by atoms with Gasteiger partial charge in [0.05, 0.1) is 23.3 Å². The zero-order valence-corrected chi connectivity index (χ0v) is 21.9. The van der Waals surface area contributed by atoms with Crippen LogP contribution >= 0.6 is 0 Å². The molecule has 1 aliphatic heterocycles. The van der Waals surface area contributed by atoms with Crippen molar-refractivity contribution in [1.82, 2.24) is 29.2 Å². The van der Waals surface area contributed by atoms with Crippen LogP contribution in [0.2, 0.25) is 0 Å². The molecule has 1 aromatic carbocycles. The van der Waals surface area contributed by atoms with E-state index in [0.29, 0.717) is 30.4 Å². The van der Waals surface area contributed by atoms with E-state index in [-0.39, 0.29) is 23.5 Å². The second-order valence-electron chi connectivity index (χ2n) is 10.5. The quantitative estimate of drug-likeness (QED) is 0.430. The summed E-state index contributed by atoms with van der Waals surface area (Å²) in [6.45, 7) is 12.2. The summed E-state index contributed by atoms with van der Waals surface area (Å²) < 4.78 is 9.61. The molecule has 0 spiro atoms. The van der Waals surface area contributed by atoms with Crippen molar-refractivity contribution in [1.29, 1.82) is 0 Å². The minimum Gasteiger partial charge on any atom is -0.439 e. The van der Waals surface area contributed by atoms with Gasteiger partial charge in [-0.05, 0) is 65.3 Å². The van der Waals surface area contributed by atoms with E-state index in [1.807, 2.05) is 48.9 Å². The molecule has 0 unspecified atom stereocenters. The summed E-state index contributed by atoms with van der Waals surface area (Å²) in [7, 11) is 0. The van der Waals surface area contributed by atoms with Gasteiger partial charge >= 0.3 is 6.03 Å². The molecule has 37 heavy (non-hydrogen) atoms. The maximum absolute atomic E-state index is 13.0. The first-order valence-corrected chi connectivity index (χ1v) is 12.3. The monoisotopic (exact) mass is 501 g/mol. The van der Waals surface area contributed by atoms with Gasteiger partial charge in [-0.2, -0.15) is 5.10 Å². The van der Waals surface area contributed by atoms with Crippen LogP contribution in [0, 0.1) is 6.92 Å². The van der Waals surface area contributed by atoms with Crippen LogP contribution in [-0.4, -0.2) is 47.2 Å². The van der Waals surface area contributed by atoms with E-state index in [1.54, 1.807) is 22.6 Å². The molecule has 0 radical (unpaired) electrons. The number of hydrogen-bond acceptors (Lipinski definition) is 6. The molecule has 0 aliphatic carbocycles. The fraction of sp³-hybridized carbons (Fsp3) is 0.370. The number of amides is 2. The fourth-order valence-electron chi connectivity index (χ4n) is 4.86. The molecule has 10 nitrogen and oxygen atoms in total. The molecule has 1 N–H and O–H groups in total. The van der Waals surface area contributed by atoms with Crippen molar-refractivity contribution in [3.8, 4) is 11.6 Å². The first kappa shape index (κ1) is 24.5. The number of carbonyl (C=O) groups is 2. The highest BCUT2D eigenvalue weighted by Crippen LogP contribution is 2.32. The maximum Gasteiger partial charge on any atom is 0.331 e. The summed E-state index contributed by atoms with van der Waals surface area (Å²) >= 11 is 0. The van der Waals surface area contributed by atoms with Crippen molar-refractivity contribution >= 4 is 28.7 Å². The van der Waals surface area contributed by atoms with Crippen LogP contribution in [0.15, 0.2) is 42.9 Å². The summed E-state index contributed by atoms with van der Waals surface area (Å²) in [5, 5.41) is 8.28. The highest BCUT2D eigenvalue weighted by Gasteiger charge is 2.29. The molecule has 0 fully saturated rings. The number of rotatable bonds is 3. The lowest BCUT2D eigenvalue weighted by atomic mass is 9.99. The van der Waals surface area contributed by atoms with Gasteiger partial charge in [0, 0.05) is 41.9 Å². The maximum atomic E-state index is 13.0. The molecule has 4 heterocycles. The molecule has 192 valence electrons. The average molecular weight is 502 g/mol. The van der Waals surface area contributed by atoms with Gasteiger partial charge < -0.3 is 9.64 Å². The number of aromatic nitrogens is 5. The van der Waals surface area contributed by atoms with Crippen molar-refractivity contribution in [3.05, 3.63) is 59.8 Å². The first-order valence-electron chi connectivity index (χ1n) is 12.3. The predicted molar refractivity (Wildman–Crippen MR) is 140 cm³/mol. The molecule has 10 heteroatoms. The van der Waals surface area contributed by atoms with Gasteiger partial charge in [0.25, 0.3) is 0 Å². The molecule has 5 rings (SSSR count). The van der Waals surface area contributed by atoms with Crippen LogP contribution in [0.3, 0.4) is 0 Å². The van der Waals surface area contributed by atoms with Crippen molar-refractivity contribution in [2.75, 3.05) is 5.32 Å². The Hall–Kier alpha value is -4.21. The summed E-state index contributed by atoms with van der Waals surface area (Å²) in [4.78, 5) is 35.5. The highest BCUT2D eigenvalue weighted by atomic mass is 16.5. The minimum atomic E-state index is -0.295. The van der Waals surface area contributed by atoms with Gasteiger partial charge in [0.2, 0.25) is 11.8 Å². The third-order valence-electron chi connectivity index (χ3n) is 6.60. The molecule has 2 amide bonds. The zero-order chi connectivity index (χ0) is 26.5. The van der Waals surface area contributed by atoms with Gasteiger partial charge in [-0.15, -0.1) is 0 Å². The summed E-state index contributed by atoms with van der Waals surface area (Å²) in [5.41, 5.74) is 3.24. The van der Waals surface area contributed by atoms with E-state index in [2.05, 4.69) is 41.2 Å². The fourth-order valence-corrected chi connectivity index (χ4v) is 4.86. The Morgan fingerprint density at radius 2 is 1.92 bits per heavy atom. The van der Waals surface area contributed by atoms with E-state index < -0.39 is 0 Å². The number of anilines is 1. The largest absolute Gasteiger partial charge is 0.439 e. The summed E-state index contributed by atoms with van der Waals surface area (Å²) in [6.07, 6.45) is 3.81. The molecule has 1 atom stereocenters. The number of hydrogen-bond donors (Lipinski definition) is 1. The SMILES string of the molecule is CC(=O)N1Cc2ncnc(Oc3ccc4c(ccn4C(=O)Nc4cc(C)n(C(C)(C)C)n4)c3)c2C[C@@H]1C. The van der Waals surface area contributed by atoms with Crippen LogP contribution in [0.5, 0.6) is 11.6 Å². The Labute approximate surface area is 215 Å². The topological polar surface area (TPSA) is 107 Å². The van der Waals surface area contributed by atoms with Gasteiger partial charge in [-0.25, -0.2) is 14.8 Å². The molecule has 0 bridgehead atoms. The van der Waals surface area contributed by atoms with E-state index in [4.69, 9.17) is 4.74 Å². The number of nitrogens with zero attached hydrogens (tertiary/aromatic N) is 6. The Kier molecular flexibility index (Phi) is 5.97. The number of fused-ring (bicyclic) bond motifs is 2. The Morgan fingerprint density at radius 1 is 1.14 bits per heavy atom. The predicted octanol–water partition coefficient (Wildman–Crippen LogP) is 4.86. The lowest BCUT2D eigenvalue weighted by Crippen LogP contribution is -2.41. The van der Waals surface area contributed by atoms with Gasteiger partial charge in [0.15, 0.2) is 5.82 Å². The summed E-state index contributed by atoms with van der Waals surface area (Å²) in [6, 6.07) is 9.00. The second kappa shape index (κ2) is 9.02. The Morgan fingerprint density at radius 3 is 2.62 bits per heavy atom. The smallest absolute Gasteiger partial charge is 0.331 e. The van der Waals surface area contributed by atoms with Gasteiger partial charge in [0.1, 0.15) is 12.1 Å². The van der Waals surface area contributed by atoms with Crippen molar-refractivity contribution in [3.63, 3.8) is 0 Å². The molecular formula is C27H31N7O3. The Balaban J connectivity index is 1.36. The number of ether oxygens (including phenoxy) is 1. The standard InChI is InChI=1S/C27H31N7O3/c1-16-11-21-22(14-33(16)18(3)35)28-15-29-25(21)37-20-7-8-23-19(13-20)9-10-32(23)26(36)30-24-12-17(2)34(31-24)27(4,5)6/h7-10,12-13,15-16H,11,14H2,1-6H3,(H,30,31,36)/t16-/m0/s1. The van der Waals surface area contributed by atoms with Gasteiger partial charge in [-0.3, -0.25) is 19.4 Å². The summed E-state index contributed by atoms with van der Waals surface area (Å²) in [5.74, 6) is 1.62. The van der Waals surface area contributed by atoms with E-state index >= 15 is 0 Å². The van der Waals surface area contributed by atoms with Crippen molar-refractivity contribution in [2.45, 2.75) is 66.1 Å². The number of nitrogens with one attached hydrogen (secondary N) is 1. The van der Waals surface area contributed by atoms with Crippen LogP contribution in [0.4, 0.5) is 10.6 Å². The number of aryl methyl sites for hydroxylation is 1. The van der Waals surface area contributed by atoms with Crippen LogP contribution in [0.1, 0.15) is 51.6 Å². The second-order valence-corrected chi connectivity index (χ2v) is 10.5. The van der Waals surface area contributed by atoms with Gasteiger partial charge in [-0.1, -0.05) is 0 Å². The Bertz CT molecular complexity index is 1510. The third kappa shape index (κ3) is 4.66. The van der Waals surface area contributed by atoms with Crippen LogP contribution in [-0.2, 0) is 23.3 Å². The molecular weight excluding hydrogens is 470 g/mol. The van der Waals surface area contributed by atoms with E-state index in [1.165, 1.54) is 6.33 Å². The third-order valence-corrected chi connectivity index (χ3v) is 6.60. The van der Waals surface area contributed by atoms with E-state index in [9.17, 15) is 9.59 Å². The van der Waals surface area contributed by atoms with Crippen LogP contribution in [0.25, 0.3) is 10.9 Å². The molecule has 3 aromatic heterocycles. The average Bonchev–Trinajstić information content (AvgIpc) is 3.41. The first-order chi connectivity index (χ1) is 17.5. The lowest BCUT2D eigenvalue weighted by molar-refractivity contribution is -0.132. The minimum absolute atomic E-state index is 0.0240. The molecule has 4 aromatic rings. The molecule has 0 saturated heterocycles. The molecule has 0 saturated carbocycles. The zero-order valence-electron chi connectivity index (χ0n) is 21.9.